The number of carbonyl (C=O) groups is 1. The lowest BCUT2D eigenvalue weighted by atomic mass is 9.83. The number of hydrogen-bond donors (Lipinski definition) is 0. The molecule has 3 aromatic rings. The van der Waals surface area contributed by atoms with Crippen molar-refractivity contribution in [3.63, 3.8) is 0 Å². The molecule has 2 aliphatic heterocycles. The summed E-state index contributed by atoms with van der Waals surface area (Å²) in [6, 6.07) is 11.1. The van der Waals surface area contributed by atoms with Gasteiger partial charge in [0.2, 0.25) is 0 Å². The normalized spacial score (nSPS) is 19.4. The van der Waals surface area contributed by atoms with Crippen LogP contribution in [0.3, 0.4) is 0 Å². The van der Waals surface area contributed by atoms with Crippen molar-refractivity contribution in [1.82, 2.24) is 9.47 Å². The molecule has 4 heterocycles. The van der Waals surface area contributed by atoms with Crippen LogP contribution >= 0.6 is 11.3 Å². The van der Waals surface area contributed by atoms with Crippen molar-refractivity contribution in [3.8, 4) is 11.3 Å². The van der Waals surface area contributed by atoms with Crippen molar-refractivity contribution in [3.05, 3.63) is 40.8 Å². The van der Waals surface area contributed by atoms with E-state index in [2.05, 4.69) is 44.7 Å². The Labute approximate surface area is 212 Å². The minimum absolute atomic E-state index is 0.215. The second-order valence-electron chi connectivity index (χ2n) is 10.5. The van der Waals surface area contributed by atoms with Crippen LogP contribution in [0.5, 0.6) is 0 Å². The number of thiophene rings is 1. The number of fused-ring (bicyclic) bond motifs is 5. The predicted octanol–water partition coefficient (Wildman–Crippen LogP) is 6.51. The lowest BCUT2D eigenvalue weighted by Crippen LogP contribution is -2.38. The number of para-hydroxylation sites is 1. The van der Waals surface area contributed by atoms with E-state index >= 15 is 0 Å². The quantitative estimate of drug-likeness (QED) is 0.381. The molecule has 2 aromatic heterocycles. The highest BCUT2D eigenvalue weighted by Crippen LogP contribution is 2.49. The van der Waals surface area contributed by atoms with E-state index in [1.807, 2.05) is 0 Å². The van der Waals surface area contributed by atoms with Gasteiger partial charge in [0, 0.05) is 37.4 Å². The summed E-state index contributed by atoms with van der Waals surface area (Å²) in [5.74, 6) is 0.354. The van der Waals surface area contributed by atoms with Crippen LogP contribution in [-0.2, 0) is 11.3 Å². The molecule has 0 radical (unpaired) electrons. The van der Waals surface area contributed by atoms with E-state index in [9.17, 15) is 4.79 Å². The van der Waals surface area contributed by atoms with Gasteiger partial charge in [0.25, 0.3) is 0 Å². The van der Waals surface area contributed by atoms with Crippen molar-refractivity contribution in [2.24, 2.45) is 0 Å². The van der Waals surface area contributed by atoms with E-state index in [4.69, 9.17) is 4.74 Å². The molecular weight excluding hydrogens is 454 g/mol. The Morgan fingerprint density at radius 2 is 1.74 bits per heavy atom. The standard InChI is InChI=1S/C29H37N3O2S/c1-34-29(33)25-20-24-28(35-25)26(21-10-4-2-5-11-21)27-22-12-6-7-13-23(22)31(18-19-32(24)27)17-16-30-14-8-3-9-15-30/h6-7,12-13,20-21H,2-5,8-11,14-19H2,1H3. The van der Waals surface area contributed by atoms with Gasteiger partial charge >= 0.3 is 5.97 Å². The third kappa shape index (κ3) is 4.29. The van der Waals surface area contributed by atoms with E-state index < -0.39 is 0 Å². The number of likely N-dealkylation sites (tertiary alicyclic amines) is 1. The molecule has 0 N–H and O–H groups in total. The molecule has 2 fully saturated rings. The summed E-state index contributed by atoms with van der Waals surface area (Å²) in [6.07, 6.45) is 10.5. The number of ether oxygens (including phenoxy) is 1. The van der Waals surface area contributed by atoms with Crippen molar-refractivity contribution in [1.29, 1.82) is 0 Å². The van der Waals surface area contributed by atoms with Crippen LogP contribution in [0.1, 0.15) is 72.5 Å². The topological polar surface area (TPSA) is 37.7 Å². The molecule has 5 nitrogen and oxygen atoms in total. The van der Waals surface area contributed by atoms with Gasteiger partial charge in [-0.3, -0.25) is 0 Å². The predicted molar refractivity (Wildman–Crippen MR) is 145 cm³/mol. The van der Waals surface area contributed by atoms with Crippen molar-refractivity contribution in [2.75, 3.05) is 44.7 Å². The number of rotatable bonds is 5. The highest BCUT2D eigenvalue weighted by Gasteiger charge is 2.32. The fourth-order valence-electron chi connectivity index (χ4n) is 6.61. The first-order chi connectivity index (χ1) is 17.2. The maximum absolute atomic E-state index is 12.5. The molecule has 0 bridgehead atoms. The summed E-state index contributed by atoms with van der Waals surface area (Å²) in [5, 5.41) is 0. The lowest BCUT2D eigenvalue weighted by Gasteiger charge is -2.31. The van der Waals surface area contributed by atoms with Crippen LogP contribution in [-0.4, -0.2) is 55.3 Å². The largest absolute Gasteiger partial charge is 0.465 e. The second-order valence-corrected chi connectivity index (χ2v) is 11.5. The number of nitrogens with zero attached hydrogens (tertiary/aromatic N) is 3. The Hall–Kier alpha value is -2.31. The number of esters is 1. The van der Waals surface area contributed by atoms with Crippen LogP contribution in [0.2, 0.25) is 0 Å². The molecule has 1 aliphatic carbocycles. The molecule has 186 valence electrons. The summed E-state index contributed by atoms with van der Waals surface area (Å²) >= 11 is 1.64. The SMILES string of the molecule is COC(=O)c1cc2c(s1)c(C1CCCCC1)c1n2CCN(CCN2CCCCC2)c2ccccc2-1. The summed E-state index contributed by atoms with van der Waals surface area (Å²) in [4.78, 5) is 18.4. The summed E-state index contributed by atoms with van der Waals surface area (Å²) in [6.45, 7) is 6.64. The van der Waals surface area contributed by atoms with Gasteiger partial charge in [0.1, 0.15) is 4.88 Å². The van der Waals surface area contributed by atoms with Crippen molar-refractivity contribution >= 4 is 33.2 Å². The molecule has 1 saturated carbocycles. The Bertz CT molecular complexity index is 1200. The smallest absolute Gasteiger partial charge is 0.348 e. The first-order valence-corrected chi connectivity index (χ1v) is 14.4. The molecule has 35 heavy (non-hydrogen) atoms. The lowest BCUT2D eigenvalue weighted by molar-refractivity contribution is 0.0606. The third-order valence-electron chi connectivity index (χ3n) is 8.40. The molecule has 0 unspecified atom stereocenters. The highest BCUT2D eigenvalue weighted by atomic mass is 32.1. The van der Waals surface area contributed by atoms with Gasteiger partial charge in [0.05, 0.1) is 23.0 Å². The summed E-state index contributed by atoms with van der Waals surface area (Å²) in [5.41, 5.74) is 6.86. The minimum atomic E-state index is -0.215. The number of carbonyl (C=O) groups excluding carboxylic acids is 1. The number of benzene rings is 1. The fraction of sp³-hybridized carbons (Fsp3) is 0.552. The Morgan fingerprint density at radius 1 is 0.971 bits per heavy atom. The van der Waals surface area contributed by atoms with Gasteiger partial charge in [-0.1, -0.05) is 43.9 Å². The van der Waals surface area contributed by atoms with Gasteiger partial charge in [-0.05, 0) is 62.4 Å². The van der Waals surface area contributed by atoms with E-state index in [1.54, 1.807) is 11.3 Å². The molecule has 1 aromatic carbocycles. The summed E-state index contributed by atoms with van der Waals surface area (Å²) < 4.78 is 8.94. The Balaban J connectivity index is 1.44. The average Bonchev–Trinajstić information content (AvgIpc) is 3.42. The monoisotopic (exact) mass is 491 g/mol. The molecule has 3 aliphatic rings. The number of methoxy groups -OCH3 is 1. The van der Waals surface area contributed by atoms with Crippen LogP contribution in [0, 0.1) is 0 Å². The molecule has 0 spiro atoms. The molecule has 0 atom stereocenters. The van der Waals surface area contributed by atoms with E-state index in [0.717, 1.165) is 31.1 Å². The van der Waals surface area contributed by atoms with Crippen LogP contribution in [0.25, 0.3) is 21.5 Å². The van der Waals surface area contributed by atoms with Crippen LogP contribution < -0.4 is 4.90 Å². The molecule has 1 saturated heterocycles. The van der Waals surface area contributed by atoms with Crippen LogP contribution in [0.15, 0.2) is 30.3 Å². The van der Waals surface area contributed by atoms with Crippen molar-refractivity contribution < 1.29 is 9.53 Å². The third-order valence-corrected chi connectivity index (χ3v) is 9.54. The highest BCUT2D eigenvalue weighted by molar-refractivity contribution is 7.21. The fourth-order valence-corrected chi connectivity index (χ4v) is 7.81. The minimum Gasteiger partial charge on any atom is -0.465 e. The number of hydrogen-bond acceptors (Lipinski definition) is 5. The van der Waals surface area contributed by atoms with Gasteiger partial charge in [-0.15, -0.1) is 11.3 Å². The Morgan fingerprint density at radius 3 is 2.54 bits per heavy atom. The number of piperidine rings is 1. The number of aromatic nitrogens is 1. The Kier molecular flexibility index (Phi) is 6.59. The first-order valence-electron chi connectivity index (χ1n) is 13.6. The average molecular weight is 492 g/mol. The zero-order valence-corrected chi connectivity index (χ0v) is 21.7. The molecule has 6 rings (SSSR count). The zero-order chi connectivity index (χ0) is 23.8. The molecule has 0 amide bonds. The van der Waals surface area contributed by atoms with Crippen molar-refractivity contribution in [2.45, 2.75) is 63.8 Å². The maximum Gasteiger partial charge on any atom is 0.348 e. The van der Waals surface area contributed by atoms with E-state index in [0.29, 0.717) is 5.92 Å². The van der Waals surface area contributed by atoms with E-state index in [-0.39, 0.29) is 5.97 Å². The van der Waals surface area contributed by atoms with Gasteiger partial charge in [-0.2, -0.15) is 0 Å². The zero-order valence-electron chi connectivity index (χ0n) is 20.9. The molecule has 6 heteroatoms. The van der Waals surface area contributed by atoms with Crippen LogP contribution in [0.4, 0.5) is 5.69 Å². The first kappa shape index (κ1) is 23.1. The maximum atomic E-state index is 12.5. The van der Waals surface area contributed by atoms with Gasteiger partial charge in [0.15, 0.2) is 0 Å². The number of anilines is 1. The summed E-state index contributed by atoms with van der Waals surface area (Å²) in [7, 11) is 1.48. The molecular formula is C29H37N3O2S. The van der Waals surface area contributed by atoms with E-state index in [1.165, 1.54) is 104 Å². The second kappa shape index (κ2) is 9.98. The van der Waals surface area contributed by atoms with Gasteiger partial charge in [-0.25, -0.2) is 4.79 Å². The van der Waals surface area contributed by atoms with Gasteiger partial charge < -0.3 is 19.1 Å².